The highest BCUT2D eigenvalue weighted by Gasteiger charge is 2.28. The first-order chi connectivity index (χ1) is 5.55. The molecular weight excluding hydrogens is 197 g/mol. The van der Waals surface area contributed by atoms with Crippen LogP contribution in [0.4, 0.5) is 0 Å². The Bertz CT molecular complexity index is 281. The molecule has 1 rings (SSSR count). The third-order valence-corrected chi connectivity index (χ3v) is 3.40. The lowest BCUT2D eigenvalue weighted by Gasteiger charge is -2.15. The molecule has 0 fully saturated rings. The van der Waals surface area contributed by atoms with Gasteiger partial charge >= 0.3 is 7.60 Å². The predicted octanol–water partition coefficient (Wildman–Crippen LogP) is 1.14. The highest BCUT2D eigenvalue weighted by molar-refractivity contribution is 7.52. The summed E-state index contributed by atoms with van der Waals surface area (Å²) in [6, 6.07) is 1.70. The average molecular weight is 207 g/mol. The van der Waals surface area contributed by atoms with Crippen molar-refractivity contribution in [1.82, 2.24) is 5.32 Å². The Balaban J connectivity index is 2.92. The summed E-state index contributed by atoms with van der Waals surface area (Å²) in [5.41, 5.74) is 0.635. The molecule has 68 valence electrons. The first-order valence-corrected chi connectivity index (χ1v) is 5.92. The first kappa shape index (κ1) is 9.89. The van der Waals surface area contributed by atoms with E-state index in [1.54, 1.807) is 16.8 Å². The molecular formula is C6H10NO3PS. The van der Waals surface area contributed by atoms with Gasteiger partial charge in [0, 0.05) is 0 Å². The van der Waals surface area contributed by atoms with Gasteiger partial charge in [-0.05, 0) is 29.4 Å². The molecule has 0 saturated carbocycles. The second kappa shape index (κ2) is 3.68. The lowest BCUT2D eigenvalue weighted by Crippen LogP contribution is -2.15. The van der Waals surface area contributed by atoms with Crippen molar-refractivity contribution in [3.63, 3.8) is 0 Å². The maximum atomic E-state index is 10.9. The van der Waals surface area contributed by atoms with Crippen LogP contribution in [0.25, 0.3) is 0 Å². The standard InChI is InChI=1S/C6H10NO3PS/c1-7-6(11(8,9)10)5-2-3-12-4-5/h2-4,6-7H,1H3,(H2,8,9,10). The van der Waals surface area contributed by atoms with Crippen LogP contribution in [0.5, 0.6) is 0 Å². The Hall–Kier alpha value is -0.190. The Labute approximate surface area is 74.4 Å². The van der Waals surface area contributed by atoms with Crippen molar-refractivity contribution in [2.45, 2.75) is 5.78 Å². The molecule has 0 saturated heterocycles. The number of thiophene rings is 1. The molecule has 0 bridgehead atoms. The topological polar surface area (TPSA) is 69.6 Å². The quantitative estimate of drug-likeness (QED) is 0.650. The molecule has 0 aromatic carbocycles. The Morgan fingerprint density at radius 3 is 2.67 bits per heavy atom. The molecule has 1 heterocycles. The van der Waals surface area contributed by atoms with E-state index in [-0.39, 0.29) is 0 Å². The zero-order valence-electron chi connectivity index (χ0n) is 6.47. The fourth-order valence-corrected chi connectivity index (χ4v) is 2.63. The second-order valence-corrected chi connectivity index (χ2v) is 4.81. The minimum absolute atomic E-state index is 0.635. The maximum absolute atomic E-state index is 10.9. The van der Waals surface area contributed by atoms with Gasteiger partial charge in [0.2, 0.25) is 0 Å². The van der Waals surface area contributed by atoms with Crippen LogP contribution < -0.4 is 5.32 Å². The SMILES string of the molecule is CNC(c1ccsc1)P(=O)(O)O. The molecule has 12 heavy (non-hydrogen) atoms. The molecule has 1 atom stereocenters. The summed E-state index contributed by atoms with van der Waals surface area (Å²) < 4.78 is 10.9. The second-order valence-electron chi connectivity index (χ2n) is 2.34. The van der Waals surface area contributed by atoms with Gasteiger partial charge in [0.1, 0.15) is 5.78 Å². The predicted molar refractivity (Wildman–Crippen MR) is 48.2 cm³/mol. The van der Waals surface area contributed by atoms with E-state index in [2.05, 4.69) is 5.32 Å². The summed E-state index contributed by atoms with van der Waals surface area (Å²) in [6.45, 7) is 0. The highest BCUT2D eigenvalue weighted by Crippen LogP contribution is 2.49. The van der Waals surface area contributed by atoms with Crippen molar-refractivity contribution in [2.75, 3.05) is 7.05 Å². The molecule has 0 aliphatic rings. The van der Waals surface area contributed by atoms with Crippen molar-refractivity contribution in [3.05, 3.63) is 22.4 Å². The summed E-state index contributed by atoms with van der Waals surface area (Å²) in [4.78, 5) is 17.8. The van der Waals surface area contributed by atoms with Crippen molar-refractivity contribution < 1.29 is 14.4 Å². The molecule has 4 nitrogen and oxygen atoms in total. The highest BCUT2D eigenvalue weighted by atomic mass is 32.1. The van der Waals surface area contributed by atoms with Gasteiger partial charge in [-0.2, -0.15) is 11.3 Å². The van der Waals surface area contributed by atoms with Gasteiger partial charge in [-0.25, -0.2) is 0 Å². The minimum Gasteiger partial charge on any atom is -0.323 e. The normalized spacial score (nSPS) is 14.6. The number of hydrogen-bond acceptors (Lipinski definition) is 3. The zero-order valence-corrected chi connectivity index (χ0v) is 8.18. The summed E-state index contributed by atoms with van der Waals surface area (Å²) in [5.74, 6) is -0.872. The zero-order chi connectivity index (χ0) is 9.19. The van der Waals surface area contributed by atoms with E-state index in [1.807, 2.05) is 0 Å². The van der Waals surface area contributed by atoms with Crippen LogP contribution in [-0.2, 0) is 4.57 Å². The van der Waals surface area contributed by atoms with Crippen LogP contribution in [0, 0.1) is 0 Å². The van der Waals surface area contributed by atoms with E-state index in [4.69, 9.17) is 9.79 Å². The van der Waals surface area contributed by atoms with Gasteiger partial charge < -0.3 is 15.1 Å². The minimum atomic E-state index is -4.07. The van der Waals surface area contributed by atoms with Crippen LogP contribution in [0.15, 0.2) is 16.8 Å². The molecule has 1 aromatic heterocycles. The molecule has 1 aromatic rings. The number of hydrogen-bond donors (Lipinski definition) is 3. The Morgan fingerprint density at radius 1 is 1.67 bits per heavy atom. The van der Waals surface area contributed by atoms with Crippen LogP contribution in [0.2, 0.25) is 0 Å². The van der Waals surface area contributed by atoms with Crippen molar-refractivity contribution in [3.8, 4) is 0 Å². The van der Waals surface area contributed by atoms with E-state index < -0.39 is 13.4 Å². The third kappa shape index (κ3) is 2.15. The summed E-state index contributed by atoms with van der Waals surface area (Å²) in [5, 5.41) is 6.10. The molecule has 3 N–H and O–H groups in total. The maximum Gasteiger partial charge on any atom is 0.346 e. The van der Waals surface area contributed by atoms with Gasteiger partial charge in [0.15, 0.2) is 0 Å². The molecule has 0 spiro atoms. The fraction of sp³-hybridized carbons (Fsp3) is 0.333. The van der Waals surface area contributed by atoms with Gasteiger partial charge in [0.05, 0.1) is 0 Å². The lowest BCUT2D eigenvalue weighted by molar-refractivity contribution is 0.352. The molecule has 0 amide bonds. The van der Waals surface area contributed by atoms with Crippen LogP contribution >= 0.6 is 18.9 Å². The Kier molecular flexibility index (Phi) is 3.04. The fourth-order valence-electron chi connectivity index (χ4n) is 0.960. The van der Waals surface area contributed by atoms with Crippen molar-refractivity contribution in [1.29, 1.82) is 0 Å². The molecule has 6 heteroatoms. The number of nitrogens with one attached hydrogen (secondary N) is 1. The van der Waals surface area contributed by atoms with Crippen LogP contribution in [0.1, 0.15) is 11.3 Å². The average Bonchev–Trinajstić information content (AvgIpc) is 2.38. The van der Waals surface area contributed by atoms with Gasteiger partial charge in [-0.3, -0.25) is 4.57 Å². The third-order valence-electron chi connectivity index (χ3n) is 1.47. The van der Waals surface area contributed by atoms with E-state index >= 15 is 0 Å². The van der Waals surface area contributed by atoms with Gasteiger partial charge in [0.25, 0.3) is 0 Å². The van der Waals surface area contributed by atoms with E-state index in [0.29, 0.717) is 5.56 Å². The molecule has 1 unspecified atom stereocenters. The van der Waals surface area contributed by atoms with Gasteiger partial charge in [-0.15, -0.1) is 0 Å². The summed E-state index contributed by atoms with van der Waals surface area (Å²) >= 11 is 1.42. The molecule has 0 radical (unpaired) electrons. The van der Waals surface area contributed by atoms with Gasteiger partial charge in [-0.1, -0.05) is 0 Å². The van der Waals surface area contributed by atoms with Crippen LogP contribution in [-0.4, -0.2) is 16.8 Å². The number of rotatable bonds is 3. The summed E-state index contributed by atoms with van der Waals surface area (Å²) in [7, 11) is -2.54. The van der Waals surface area contributed by atoms with E-state index in [0.717, 1.165) is 0 Å². The van der Waals surface area contributed by atoms with Crippen molar-refractivity contribution >= 4 is 18.9 Å². The lowest BCUT2D eigenvalue weighted by atomic mass is 10.3. The van der Waals surface area contributed by atoms with E-state index in [1.165, 1.54) is 18.4 Å². The first-order valence-electron chi connectivity index (χ1n) is 3.30. The smallest absolute Gasteiger partial charge is 0.323 e. The summed E-state index contributed by atoms with van der Waals surface area (Å²) in [6.07, 6.45) is 0. The van der Waals surface area contributed by atoms with E-state index in [9.17, 15) is 4.57 Å². The monoisotopic (exact) mass is 207 g/mol. The Morgan fingerprint density at radius 2 is 2.33 bits per heavy atom. The molecule has 0 aliphatic heterocycles. The molecule has 0 aliphatic carbocycles. The van der Waals surface area contributed by atoms with Crippen molar-refractivity contribution in [2.24, 2.45) is 0 Å². The largest absolute Gasteiger partial charge is 0.346 e. The van der Waals surface area contributed by atoms with Crippen LogP contribution in [0.3, 0.4) is 0 Å².